The maximum absolute atomic E-state index is 12.4. The summed E-state index contributed by atoms with van der Waals surface area (Å²) < 4.78 is 16.7. The van der Waals surface area contributed by atoms with Gasteiger partial charge in [0.25, 0.3) is 11.3 Å². The summed E-state index contributed by atoms with van der Waals surface area (Å²) in [6, 6.07) is 5.49. The number of hydrogen-bond donors (Lipinski definition) is 1. The predicted molar refractivity (Wildman–Crippen MR) is 97.1 cm³/mol. The van der Waals surface area contributed by atoms with Crippen molar-refractivity contribution in [1.82, 2.24) is 20.0 Å². The van der Waals surface area contributed by atoms with E-state index < -0.39 is 0 Å². The van der Waals surface area contributed by atoms with Crippen molar-refractivity contribution in [2.24, 2.45) is 0 Å². The van der Waals surface area contributed by atoms with Gasteiger partial charge in [-0.3, -0.25) is 14.2 Å². The summed E-state index contributed by atoms with van der Waals surface area (Å²) in [6.07, 6.45) is 1.84. The quantitative estimate of drug-likeness (QED) is 0.661. The normalized spacial score (nSPS) is 10.8. The molecule has 9 heteroatoms. The van der Waals surface area contributed by atoms with E-state index >= 15 is 0 Å². The second-order valence-electron chi connectivity index (χ2n) is 5.90. The molecule has 1 amide bonds. The van der Waals surface area contributed by atoms with E-state index in [2.05, 4.69) is 15.5 Å². The standard InChI is InChI=1S/C18H20N4O5/c1-11-16-17(27-21-11)20-10-22(18(16)24)9-15(23)19-7-6-12-8-13(25-2)4-5-14(12)26-3/h4-5,8,10H,6-7,9H2,1-3H3,(H,19,23). The van der Waals surface area contributed by atoms with Crippen LogP contribution in [-0.4, -0.2) is 41.4 Å². The molecule has 1 N–H and O–H groups in total. The van der Waals surface area contributed by atoms with Crippen molar-refractivity contribution in [2.75, 3.05) is 20.8 Å². The highest BCUT2D eigenvalue weighted by molar-refractivity contribution is 5.77. The van der Waals surface area contributed by atoms with Gasteiger partial charge in [-0.15, -0.1) is 0 Å². The Morgan fingerprint density at radius 2 is 2.11 bits per heavy atom. The Morgan fingerprint density at radius 3 is 2.85 bits per heavy atom. The molecular formula is C18H20N4O5. The molecule has 0 saturated heterocycles. The van der Waals surface area contributed by atoms with Gasteiger partial charge in [0.2, 0.25) is 5.91 Å². The Bertz CT molecular complexity index is 1020. The molecule has 2 heterocycles. The first-order valence-corrected chi connectivity index (χ1v) is 8.32. The lowest BCUT2D eigenvalue weighted by atomic mass is 10.1. The number of carbonyl (C=O) groups excluding carboxylic acids is 1. The summed E-state index contributed by atoms with van der Waals surface area (Å²) >= 11 is 0. The Morgan fingerprint density at radius 1 is 1.30 bits per heavy atom. The van der Waals surface area contributed by atoms with Gasteiger partial charge in [0.15, 0.2) is 0 Å². The van der Waals surface area contributed by atoms with Gasteiger partial charge >= 0.3 is 0 Å². The minimum Gasteiger partial charge on any atom is -0.497 e. The lowest BCUT2D eigenvalue weighted by Gasteiger charge is -2.11. The van der Waals surface area contributed by atoms with Crippen LogP contribution >= 0.6 is 0 Å². The molecule has 142 valence electrons. The molecule has 0 saturated carbocycles. The smallest absolute Gasteiger partial charge is 0.267 e. The Balaban J connectivity index is 1.63. The number of aromatic nitrogens is 3. The van der Waals surface area contributed by atoms with Crippen LogP contribution in [0, 0.1) is 6.92 Å². The van der Waals surface area contributed by atoms with Gasteiger partial charge < -0.3 is 19.3 Å². The maximum Gasteiger partial charge on any atom is 0.267 e. The van der Waals surface area contributed by atoms with Crippen LogP contribution in [0.4, 0.5) is 0 Å². The van der Waals surface area contributed by atoms with Crippen molar-refractivity contribution in [1.29, 1.82) is 0 Å². The number of carbonyl (C=O) groups is 1. The number of fused-ring (bicyclic) bond motifs is 1. The van der Waals surface area contributed by atoms with E-state index in [9.17, 15) is 9.59 Å². The van der Waals surface area contributed by atoms with Gasteiger partial charge in [0, 0.05) is 6.54 Å². The molecule has 3 rings (SSSR count). The monoisotopic (exact) mass is 372 g/mol. The van der Waals surface area contributed by atoms with E-state index in [4.69, 9.17) is 14.0 Å². The fourth-order valence-corrected chi connectivity index (χ4v) is 2.75. The topological polar surface area (TPSA) is 108 Å². The minimum absolute atomic E-state index is 0.137. The molecule has 0 spiro atoms. The van der Waals surface area contributed by atoms with Crippen molar-refractivity contribution < 1.29 is 18.8 Å². The predicted octanol–water partition coefficient (Wildman–Crippen LogP) is 1.07. The zero-order chi connectivity index (χ0) is 19.4. The van der Waals surface area contributed by atoms with Crippen LogP contribution in [0.25, 0.3) is 11.1 Å². The molecule has 0 atom stereocenters. The van der Waals surface area contributed by atoms with Crippen molar-refractivity contribution in [3.8, 4) is 11.5 Å². The van der Waals surface area contributed by atoms with Crippen molar-refractivity contribution in [3.63, 3.8) is 0 Å². The molecule has 1 aromatic carbocycles. The van der Waals surface area contributed by atoms with E-state index in [0.29, 0.717) is 24.4 Å². The zero-order valence-electron chi connectivity index (χ0n) is 15.3. The number of amides is 1. The third-order valence-corrected chi connectivity index (χ3v) is 4.15. The average Bonchev–Trinajstić information content (AvgIpc) is 3.05. The molecule has 2 aromatic heterocycles. The van der Waals surface area contributed by atoms with Crippen LogP contribution in [0.1, 0.15) is 11.3 Å². The fraction of sp³-hybridized carbons (Fsp3) is 0.333. The van der Waals surface area contributed by atoms with Gasteiger partial charge in [-0.25, -0.2) is 4.98 Å². The molecule has 0 unspecified atom stereocenters. The van der Waals surface area contributed by atoms with E-state index in [1.54, 1.807) is 21.1 Å². The minimum atomic E-state index is -0.358. The molecule has 27 heavy (non-hydrogen) atoms. The summed E-state index contributed by atoms with van der Waals surface area (Å²) in [5.74, 6) is 1.14. The van der Waals surface area contributed by atoms with Crippen molar-refractivity contribution >= 4 is 17.0 Å². The molecule has 0 aliphatic rings. The number of nitrogens with one attached hydrogen (secondary N) is 1. The van der Waals surface area contributed by atoms with Crippen LogP contribution in [0.3, 0.4) is 0 Å². The van der Waals surface area contributed by atoms with Gasteiger partial charge in [-0.05, 0) is 37.1 Å². The number of aryl methyl sites for hydroxylation is 1. The summed E-state index contributed by atoms with van der Waals surface area (Å²) in [6.45, 7) is 1.90. The Kier molecular flexibility index (Phi) is 5.39. The second-order valence-corrected chi connectivity index (χ2v) is 5.90. The van der Waals surface area contributed by atoms with Gasteiger partial charge in [0.1, 0.15) is 29.8 Å². The third-order valence-electron chi connectivity index (χ3n) is 4.15. The number of methoxy groups -OCH3 is 2. The summed E-state index contributed by atoms with van der Waals surface area (Å²) in [4.78, 5) is 28.6. The highest BCUT2D eigenvalue weighted by Gasteiger charge is 2.14. The first-order valence-electron chi connectivity index (χ1n) is 8.32. The molecule has 0 fully saturated rings. The highest BCUT2D eigenvalue weighted by atomic mass is 16.5. The van der Waals surface area contributed by atoms with Crippen LogP contribution in [0.2, 0.25) is 0 Å². The number of benzene rings is 1. The first kappa shape index (κ1) is 18.4. The molecular weight excluding hydrogens is 352 g/mol. The van der Waals surface area contributed by atoms with Crippen LogP contribution < -0.4 is 20.3 Å². The van der Waals surface area contributed by atoms with Gasteiger partial charge in [-0.2, -0.15) is 0 Å². The second kappa shape index (κ2) is 7.90. The number of ether oxygens (including phenoxy) is 2. The molecule has 0 radical (unpaired) electrons. The zero-order valence-corrected chi connectivity index (χ0v) is 15.3. The molecule has 0 aliphatic heterocycles. The summed E-state index contributed by atoms with van der Waals surface area (Å²) in [5.41, 5.74) is 1.17. The number of nitrogens with zero attached hydrogens (tertiary/aromatic N) is 3. The lowest BCUT2D eigenvalue weighted by Crippen LogP contribution is -2.33. The molecule has 0 aliphatic carbocycles. The van der Waals surface area contributed by atoms with E-state index in [1.807, 2.05) is 18.2 Å². The van der Waals surface area contributed by atoms with E-state index in [-0.39, 0.29) is 29.1 Å². The van der Waals surface area contributed by atoms with Gasteiger partial charge in [0.05, 0.1) is 19.9 Å². The first-order chi connectivity index (χ1) is 13.0. The SMILES string of the molecule is COc1ccc(OC)c(CCNC(=O)Cn2cnc3onc(C)c3c2=O)c1. The fourth-order valence-electron chi connectivity index (χ4n) is 2.75. The van der Waals surface area contributed by atoms with Gasteiger partial charge in [-0.1, -0.05) is 5.16 Å². The van der Waals surface area contributed by atoms with E-state index in [0.717, 1.165) is 11.3 Å². The highest BCUT2D eigenvalue weighted by Crippen LogP contribution is 2.24. The average molecular weight is 372 g/mol. The summed E-state index contributed by atoms with van der Waals surface area (Å²) in [5, 5.41) is 6.79. The van der Waals surface area contributed by atoms with Crippen LogP contribution in [0.15, 0.2) is 33.8 Å². The number of hydrogen-bond acceptors (Lipinski definition) is 7. The summed E-state index contributed by atoms with van der Waals surface area (Å²) in [7, 11) is 3.18. The third kappa shape index (κ3) is 3.91. The van der Waals surface area contributed by atoms with E-state index in [1.165, 1.54) is 10.9 Å². The van der Waals surface area contributed by atoms with Crippen molar-refractivity contribution in [3.05, 3.63) is 46.1 Å². The Labute approximate surface area is 154 Å². The molecule has 0 bridgehead atoms. The lowest BCUT2D eigenvalue weighted by molar-refractivity contribution is -0.121. The molecule has 9 nitrogen and oxygen atoms in total. The largest absolute Gasteiger partial charge is 0.497 e. The Hall–Kier alpha value is -3.36. The van der Waals surface area contributed by atoms with Crippen molar-refractivity contribution in [2.45, 2.75) is 19.9 Å². The number of rotatable bonds is 7. The van der Waals surface area contributed by atoms with Crippen LogP contribution in [0.5, 0.6) is 11.5 Å². The maximum atomic E-state index is 12.4. The molecule has 3 aromatic rings. The van der Waals surface area contributed by atoms with Crippen LogP contribution in [-0.2, 0) is 17.8 Å².